The summed E-state index contributed by atoms with van der Waals surface area (Å²) in [5.74, 6) is 1.46. The van der Waals surface area contributed by atoms with Crippen LogP contribution in [0.5, 0.6) is 11.5 Å². The zero-order valence-electron chi connectivity index (χ0n) is 16.5. The van der Waals surface area contributed by atoms with Crippen molar-refractivity contribution in [2.75, 3.05) is 13.7 Å². The number of ether oxygens (including phenoxy) is 1. The number of aliphatic imine (C=N–C) groups is 1. The number of methoxy groups -OCH3 is 1. The minimum absolute atomic E-state index is 0.261. The summed E-state index contributed by atoms with van der Waals surface area (Å²) in [6.07, 6.45) is 1.74. The van der Waals surface area contributed by atoms with E-state index in [1.165, 1.54) is 0 Å². The first kappa shape index (κ1) is 24.2. The number of halogens is 2. The van der Waals surface area contributed by atoms with Crippen LogP contribution in [0.4, 0.5) is 0 Å². The van der Waals surface area contributed by atoms with Gasteiger partial charge >= 0.3 is 37.9 Å². The van der Waals surface area contributed by atoms with E-state index >= 15 is 0 Å². The van der Waals surface area contributed by atoms with Crippen molar-refractivity contribution in [2.24, 2.45) is 10.9 Å². The predicted molar refractivity (Wildman–Crippen MR) is 112 cm³/mol. The molecule has 0 fully saturated rings. The summed E-state index contributed by atoms with van der Waals surface area (Å²) in [4.78, 5) is 4.43. The van der Waals surface area contributed by atoms with Crippen molar-refractivity contribution < 1.29 is 30.7 Å². The van der Waals surface area contributed by atoms with Crippen LogP contribution >= 0.6 is 17.0 Å². The SMILES string of the molecule is COc1cc(C=NCC(C)C)c(O)c(C(C)(C)c2ccccc2)c1.[Cl][Zr][Cl]. The van der Waals surface area contributed by atoms with Gasteiger partial charge in [-0.1, -0.05) is 58.0 Å². The van der Waals surface area contributed by atoms with Gasteiger partial charge in [0, 0.05) is 29.3 Å². The normalized spacial score (nSPS) is 11.3. The molecule has 0 saturated heterocycles. The van der Waals surface area contributed by atoms with E-state index in [0.29, 0.717) is 11.5 Å². The van der Waals surface area contributed by atoms with Gasteiger partial charge in [-0.25, -0.2) is 0 Å². The second-order valence-electron chi connectivity index (χ2n) is 7.06. The quantitative estimate of drug-likeness (QED) is 0.495. The molecule has 0 bridgehead atoms. The van der Waals surface area contributed by atoms with Crippen molar-refractivity contribution in [2.45, 2.75) is 33.1 Å². The van der Waals surface area contributed by atoms with Crippen molar-refractivity contribution in [1.29, 1.82) is 0 Å². The second kappa shape index (κ2) is 11.9. The average Bonchev–Trinajstić information content (AvgIpc) is 2.64. The van der Waals surface area contributed by atoms with Gasteiger partial charge in [0.2, 0.25) is 0 Å². The molecule has 0 aliphatic heterocycles. The Morgan fingerprint density at radius 3 is 2.30 bits per heavy atom. The second-order valence-corrected chi connectivity index (χ2v) is 10.8. The Labute approximate surface area is 181 Å². The summed E-state index contributed by atoms with van der Waals surface area (Å²) >= 11 is -0.826. The molecular formula is C21H27Cl2NO2Zr. The van der Waals surface area contributed by atoms with E-state index in [1.807, 2.05) is 30.3 Å². The molecule has 0 saturated carbocycles. The molecule has 0 aromatic heterocycles. The molecule has 0 unspecified atom stereocenters. The molecular weight excluding hydrogens is 460 g/mol. The summed E-state index contributed by atoms with van der Waals surface area (Å²) in [6, 6.07) is 13.9. The monoisotopic (exact) mass is 485 g/mol. The van der Waals surface area contributed by atoms with Crippen LogP contribution in [0.2, 0.25) is 0 Å². The first-order valence-electron chi connectivity index (χ1n) is 8.71. The Kier molecular flexibility index (Phi) is 10.7. The zero-order valence-corrected chi connectivity index (χ0v) is 20.4. The van der Waals surface area contributed by atoms with Crippen molar-refractivity contribution in [1.82, 2.24) is 0 Å². The Hall–Kier alpha value is -0.827. The first-order valence-corrected chi connectivity index (χ1v) is 15.0. The van der Waals surface area contributed by atoms with Crippen molar-refractivity contribution >= 4 is 23.2 Å². The molecule has 0 aliphatic carbocycles. The Morgan fingerprint density at radius 1 is 1.19 bits per heavy atom. The number of nitrogens with zero attached hydrogens (tertiary/aromatic N) is 1. The number of hydrogen-bond acceptors (Lipinski definition) is 3. The number of phenolic OH excluding ortho intramolecular Hbond substituents is 1. The summed E-state index contributed by atoms with van der Waals surface area (Å²) in [7, 11) is 11.5. The van der Waals surface area contributed by atoms with Crippen molar-refractivity contribution in [3.8, 4) is 11.5 Å². The Balaban J connectivity index is 0.00000114. The molecule has 0 aliphatic rings. The number of rotatable bonds is 6. The minimum atomic E-state index is -0.826. The average molecular weight is 488 g/mol. The van der Waals surface area contributed by atoms with Crippen LogP contribution in [0, 0.1) is 5.92 Å². The molecule has 0 amide bonds. The van der Waals surface area contributed by atoms with Gasteiger partial charge in [0.05, 0.1) is 7.11 Å². The molecule has 0 atom stereocenters. The zero-order chi connectivity index (χ0) is 20.4. The maximum atomic E-state index is 10.8. The molecule has 27 heavy (non-hydrogen) atoms. The third kappa shape index (κ3) is 7.25. The van der Waals surface area contributed by atoms with Gasteiger partial charge in [-0.2, -0.15) is 0 Å². The molecule has 2 rings (SSSR count). The first-order chi connectivity index (χ1) is 12.8. The van der Waals surface area contributed by atoms with E-state index in [0.717, 1.165) is 23.4 Å². The number of phenols is 1. The summed E-state index contributed by atoms with van der Waals surface area (Å²) < 4.78 is 5.44. The fourth-order valence-electron chi connectivity index (χ4n) is 2.69. The van der Waals surface area contributed by atoms with Gasteiger partial charge in [-0.05, 0) is 23.6 Å². The Bertz CT molecular complexity index is 734. The van der Waals surface area contributed by atoms with Crippen molar-refractivity contribution in [3.05, 3.63) is 59.2 Å². The van der Waals surface area contributed by atoms with Crippen LogP contribution in [0.15, 0.2) is 47.5 Å². The van der Waals surface area contributed by atoms with Gasteiger partial charge in [0.1, 0.15) is 11.5 Å². The van der Waals surface area contributed by atoms with E-state index < -0.39 is 20.8 Å². The van der Waals surface area contributed by atoms with E-state index in [4.69, 9.17) is 21.8 Å². The third-order valence-corrected chi connectivity index (χ3v) is 4.22. The molecule has 146 valence electrons. The summed E-state index contributed by atoms with van der Waals surface area (Å²) in [5.41, 5.74) is 2.31. The van der Waals surface area contributed by atoms with Crippen molar-refractivity contribution in [3.63, 3.8) is 0 Å². The summed E-state index contributed by atoms with van der Waals surface area (Å²) in [6.45, 7) is 9.17. The van der Waals surface area contributed by atoms with Crippen LogP contribution in [-0.2, 0) is 26.3 Å². The fraction of sp³-hybridized carbons (Fsp3) is 0.381. The molecule has 3 nitrogen and oxygen atoms in total. The van der Waals surface area contributed by atoms with E-state index in [-0.39, 0.29) is 11.2 Å². The van der Waals surface area contributed by atoms with Gasteiger partial charge in [0.15, 0.2) is 0 Å². The molecule has 2 aromatic rings. The topological polar surface area (TPSA) is 41.8 Å². The molecule has 0 heterocycles. The molecule has 0 spiro atoms. The third-order valence-electron chi connectivity index (χ3n) is 4.22. The standard InChI is InChI=1S/C21H27NO2.2ClH.Zr/c1-15(2)13-22-14-16-11-18(24-5)12-19(20(16)23)21(3,4)17-9-7-6-8-10-17;;;/h6-12,14-15,23H,13H2,1-5H3;2*1H;/q;;;+2/p-2. The van der Waals surface area contributed by atoms with Gasteiger partial charge in [-0.15, -0.1) is 0 Å². The van der Waals surface area contributed by atoms with Crippen LogP contribution < -0.4 is 4.74 Å². The van der Waals surface area contributed by atoms with E-state index in [9.17, 15) is 5.11 Å². The molecule has 6 heteroatoms. The van der Waals surface area contributed by atoms with E-state index in [1.54, 1.807) is 13.3 Å². The number of aromatic hydroxyl groups is 1. The molecule has 1 N–H and O–H groups in total. The summed E-state index contributed by atoms with van der Waals surface area (Å²) in [5, 5.41) is 10.8. The maximum absolute atomic E-state index is 10.8. The number of hydrogen-bond donors (Lipinski definition) is 1. The van der Waals surface area contributed by atoms with Crippen LogP contribution in [-0.4, -0.2) is 25.0 Å². The Morgan fingerprint density at radius 2 is 1.78 bits per heavy atom. The van der Waals surface area contributed by atoms with Gasteiger partial charge in [0.25, 0.3) is 0 Å². The number of benzene rings is 2. The fourth-order valence-corrected chi connectivity index (χ4v) is 2.69. The van der Waals surface area contributed by atoms with Crippen LogP contribution in [0.3, 0.4) is 0 Å². The van der Waals surface area contributed by atoms with Gasteiger partial charge < -0.3 is 9.84 Å². The molecule has 2 aromatic carbocycles. The van der Waals surface area contributed by atoms with Gasteiger partial charge in [-0.3, -0.25) is 4.99 Å². The van der Waals surface area contributed by atoms with Crippen LogP contribution in [0.25, 0.3) is 0 Å². The predicted octanol–water partition coefficient (Wildman–Crippen LogP) is 6.18. The molecule has 0 radical (unpaired) electrons. The van der Waals surface area contributed by atoms with E-state index in [2.05, 4.69) is 44.8 Å². The van der Waals surface area contributed by atoms with Crippen LogP contribution in [0.1, 0.15) is 44.4 Å².